The van der Waals surface area contributed by atoms with Crippen LogP contribution in [0, 0.1) is 6.92 Å². The van der Waals surface area contributed by atoms with Gasteiger partial charge in [-0.1, -0.05) is 0 Å². The Morgan fingerprint density at radius 1 is 1.53 bits per heavy atom. The molecule has 84 valence electrons. The van der Waals surface area contributed by atoms with Crippen molar-refractivity contribution < 1.29 is 27.5 Å². The van der Waals surface area contributed by atoms with Gasteiger partial charge < -0.3 is 9.52 Å². The van der Waals surface area contributed by atoms with Crippen LogP contribution in [0.5, 0.6) is 0 Å². The molecule has 7 heteroatoms. The van der Waals surface area contributed by atoms with Gasteiger partial charge >= 0.3 is 12.1 Å². The Hall–Kier alpha value is -1.53. The summed E-state index contributed by atoms with van der Waals surface area (Å²) >= 11 is 0. The van der Waals surface area contributed by atoms with Crippen LogP contribution in [-0.4, -0.2) is 22.2 Å². The molecule has 0 radical (unpaired) electrons. The minimum Gasteiger partial charge on any atom is -0.476 e. The molecular formula is C8H8F3NO3. The van der Waals surface area contributed by atoms with E-state index in [0.29, 0.717) is 0 Å². The van der Waals surface area contributed by atoms with Crippen molar-refractivity contribution in [3.63, 3.8) is 0 Å². The lowest BCUT2D eigenvalue weighted by Gasteiger charge is -2.02. The Labute approximate surface area is 82.7 Å². The maximum atomic E-state index is 11.8. The van der Waals surface area contributed by atoms with E-state index in [9.17, 15) is 18.0 Å². The fourth-order valence-corrected chi connectivity index (χ4v) is 1.01. The van der Waals surface area contributed by atoms with Crippen LogP contribution in [0.25, 0.3) is 0 Å². The molecule has 0 aliphatic rings. The number of carboxylic acid groups (broad SMARTS) is 1. The second-order valence-corrected chi connectivity index (χ2v) is 2.93. The van der Waals surface area contributed by atoms with Gasteiger partial charge in [-0.25, -0.2) is 9.78 Å². The molecule has 0 bridgehead atoms. The van der Waals surface area contributed by atoms with Crippen molar-refractivity contribution in [2.24, 2.45) is 0 Å². The van der Waals surface area contributed by atoms with E-state index in [4.69, 9.17) is 9.52 Å². The van der Waals surface area contributed by atoms with E-state index < -0.39 is 25.0 Å². The largest absolute Gasteiger partial charge is 0.476 e. The molecule has 0 aromatic carbocycles. The van der Waals surface area contributed by atoms with Crippen LogP contribution < -0.4 is 0 Å². The van der Waals surface area contributed by atoms with Crippen molar-refractivity contribution in [3.8, 4) is 0 Å². The summed E-state index contributed by atoms with van der Waals surface area (Å²) in [4.78, 5) is 13.9. The number of hydrogen-bond donors (Lipinski definition) is 1. The molecule has 0 spiro atoms. The SMILES string of the molecule is Cc1oc(CCC(F)(F)F)nc1C(=O)O. The first-order chi connectivity index (χ1) is 6.79. The summed E-state index contributed by atoms with van der Waals surface area (Å²) in [6.45, 7) is 1.34. The van der Waals surface area contributed by atoms with Crippen molar-refractivity contribution in [3.05, 3.63) is 17.3 Å². The van der Waals surface area contributed by atoms with Gasteiger partial charge in [0.2, 0.25) is 0 Å². The van der Waals surface area contributed by atoms with Crippen LogP contribution in [0.15, 0.2) is 4.42 Å². The number of aromatic carboxylic acids is 1. The van der Waals surface area contributed by atoms with Crippen LogP contribution in [0.1, 0.15) is 28.6 Å². The number of aromatic nitrogens is 1. The lowest BCUT2D eigenvalue weighted by molar-refractivity contribution is -0.134. The predicted octanol–water partition coefficient (Wildman–Crippen LogP) is 2.18. The summed E-state index contributed by atoms with van der Waals surface area (Å²) in [5.74, 6) is -1.50. The van der Waals surface area contributed by atoms with Gasteiger partial charge in [-0.15, -0.1) is 0 Å². The maximum Gasteiger partial charge on any atom is 0.389 e. The van der Waals surface area contributed by atoms with Gasteiger partial charge in [0.15, 0.2) is 11.6 Å². The number of carboxylic acids is 1. The molecular weight excluding hydrogens is 215 g/mol. The fraction of sp³-hybridized carbons (Fsp3) is 0.500. The van der Waals surface area contributed by atoms with E-state index in [1.165, 1.54) is 6.92 Å². The molecule has 15 heavy (non-hydrogen) atoms. The molecule has 0 aliphatic carbocycles. The zero-order valence-electron chi connectivity index (χ0n) is 7.76. The van der Waals surface area contributed by atoms with E-state index >= 15 is 0 Å². The number of carbonyl (C=O) groups is 1. The first kappa shape index (κ1) is 11.5. The predicted molar refractivity (Wildman–Crippen MR) is 42.6 cm³/mol. The second kappa shape index (κ2) is 3.92. The molecule has 0 saturated heterocycles. The third kappa shape index (κ3) is 3.26. The van der Waals surface area contributed by atoms with E-state index in [0.717, 1.165) is 0 Å². The average molecular weight is 223 g/mol. The van der Waals surface area contributed by atoms with E-state index in [1.807, 2.05) is 0 Å². The Morgan fingerprint density at radius 3 is 2.53 bits per heavy atom. The first-order valence-corrected chi connectivity index (χ1v) is 4.06. The zero-order chi connectivity index (χ0) is 11.6. The Bertz CT molecular complexity index is 370. The van der Waals surface area contributed by atoms with Crippen molar-refractivity contribution in [1.82, 2.24) is 4.98 Å². The van der Waals surface area contributed by atoms with Gasteiger partial charge in [-0.2, -0.15) is 13.2 Å². The smallest absolute Gasteiger partial charge is 0.389 e. The number of oxazole rings is 1. The van der Waals surface area contributed by atoms with Crippen LogP contribution in [0.2, 0.25) is 0 Å². The van der Waals surface area contributed by atoms with Gasteiger partial charge in [0.25, 0.3) is 0 Å². The minimum atomic E-state index is -4.30. The molecule has 1 rings (SSSR count). The highest BCUT2D eigenvalue weighted by Gasteiger charge is 2.28. The maximum absolute atomic E-state index is 11.8. The number of rotatable bonds is 3. The number of alkyl halides is 3. The highest BCUT2D eigenvalue weighted by atomic mass is 19.4. The van der Waals surface area contributed by atoms with Crippen LogP contribution in [0.3, 0.4) is 0 Å². The highest BCUT2D eigenvalue weighted by molar-refractivity contribution is 5.86. The fourth-order valence-electron chi connectivity index (χ4n) is 1.01. The monoisotopic (exact) mass is 223 g/mol. The Kier molecular flexibility index (Phi) is 3.01. The Balaban J connectivity index is 2.72. The standard InChI is InChI=1S/C8H8F3NO3/c1-4-6(7(13)14)12-5(15-4)2-3-8(9,10)11/h2-3H2,1H3,(H,13,14). The van der Waals surface area contributed by atoms with Crippen LogP contribution in [-0.2, 0) is 6.42 Å². The topological polar surface area (TPSA) is 63.3 Å². The molecule has 0 aliphatic heterocycles. The van der Waals surface area contributed by atoms with Gasteiger partial charge in [0, 0.05) is 6.42 Å². The van der Waals surface area contributed by atoms with Crippen LogP contribution >= 0.6 is 0 Å². The molecule has 1 N–H and O–H groups in total. The van der Waals surface area contributed by atoms with Crippen LogP contribution in [0.4, 0.5) is 13.2 Å². The zero-order valence-corrected chi connectivity index (χ0v) is 7.76. The second-order valence-electron chi connectivity index (χ2n) is 2.93. The summed E-state index contributed by atoms with van der Waals surface area (Å²) in [5, 5.41) is 8.56. The van der Waals surface area contributed by atoms with Gasteiger partial charge in [-0.3, -0.25) is 0 Å². The number of halogens is 3. The molecule has 0 atom stereocenters. The van der Waals surface area contributed by atoms with Gasteiger partial charge in [0.05, 0.1) is 6.42 Å². The summed E-state index contributed by atoms with van der Waals surface area (Å²) < 4.78 is 40.2. The quantitative estimate of drug-likeness (QED) is 0.852. The third-order valence-electron chi connectivity index (χ3n) is 1.67. The number of aryl methyl sites for hydroxylation is 2. The van der Waals surface area contributed by atoms with Crippen molar-refractivity contribution in [2.75, 3.05) is 0 Å². The molecule has 0 unspecified atom stereocenters. The van der Waals surface area contributed by atoms with Crippen molar-refractivity contribution in [1.29, 1.82) is 0 Å². The first-order valence-electron chi connectivity index (χ1n) is 4.06. The molecule has 1 aromatic heterocycles. The van der Waals surface area contributed by atoms with Crippen molar-refractivity contribution in [2.45, 2.75) is 25.9 Å². The van der Waals surface area contributed by atoms with Crippen molar-refractivity contribution >= 4 is 5.97 Å². The average Bonchev–Trinajstić information content (AvgIpc) is 2.42. The number of nitrogens with zero attached hydrogens (tertiary/aromatic N) is 1. The highest BCUT2D eigenvalue weighted by Crippen LogP contribution is 2.22. The molecule has 1 aromatic rings. The van der Waals surface area contributed by atoms with E-state index in [2.05, 4.69) is 4.98 Å². The summed E-state index contributed by atoms with van der Waals surface area (Å²) in [5.41, 5.74) is -0.341. The molecule has 4 nitrogen and oxygen atoms in total. The summed E-state index contributed by atoms with van der Waals surface area (Å²) in [7, 11) is 0. The lowest BCUT2D eigenvalue weighted by atomic mass is 10.3. The minimum absolute atomic E-state index is 0.0136. The lowest BCUT2D eigenvalue weighted by Crippen LogP contribution is -2.08. The number of hydrogen-bond acceptors (Lipinski definition) is 3. The Morgan fingerprint density at radius 2 is 2.13 bits per heavy atom. The third-order valence-corrected chi connectivity index (χ3v) is 1.67. The summed E-state index contributed by atoms with van der Waals surface area (Å²) in [6.07, 6.45) is -5.82. The van der Waals surface area contributed by atoms with E-state index in [1.54, 1.807) is 0 Å². The molecule has 1 heterocycles. The van der Waals surface area contributed by atoms with Gasteiger partial charge in [0.1, 0.15) is 5.76 Å². The molecule has 0 amide bonds. The van der Waals surface area contributed by atoms with E-state index in [-0.39, 0.29) is 17.3 Å². The normalized spacial score (nSPS) is 11.7. The van der Waals surface area contributed by atoms with Gasteiger partial charge in [-0.05, 0) is 6.92 Å². The summed E-state index contributed by atoms with van der Waals surface area (Å²) in [6, 6.07) is 0. The molecule has 0 fully saturated rings. The molecule has 0 saturated carbocycles.